The van der Waals surface area contributed by atoms with Crippen molar-refractivity contribution in [2.24, 2.45) is 11.8 Å². The third-order valence-electron chi connectivity index (χ3n) is 6.82. The SMILES string of the molecule is Cc1nnc(N[C@H](C)c2cccc(C(F)(F)CO)c2F)c2cc(N(C)C[C@@H]3COC[C@@H]3C)c(=O)[nH]c12. The lowest BCUT2D eigenvalue weighted by atomic mass is 9.97. The number of benzene rings is 1. The fraction of sp³-hybridized carbons (Fsp3) is 0.480. The molecule has 0 unspecified atom stereocenters. The fourth-order valence-electron chi connectivity index (χ4n) is 4.53. The Labute approximate surface area is 206 Å². The van der Waals surface area contributed by atoms with Gasteiger partial charge in [-0.25, -0.2) is 4.39 Å². The van der Waals surface area contributed by atoms with E-state index in [0.29, 0.717) is 48.0 Å². The number of aromatic nitrogens is 3. The second-order valence-electron chi connectivity index (χ2n) is 9.50. The second kappa shape index (κ2) is 10.1. The van der Waals surface area contributed by atoms with E-state index < -0.39 is 30.0 Å². The summed E-state index contributed by atoms with van der Waals surface area (Å²) in [5, 5.41) is 20.9. The molecule has 0 saturated carbocycles. The molecule has 3 atom stereocenters. The maximum atomic E-state index is 15.0. The zero-order valence-corrected chi connectivity index (χ0v) is 20.6. The number of ether oxygens (including phenoxy) is 1. The molecule has 3 N–H and O–H groups in total. The third kappa shape index (κ3) is 4.90. The Bertz CT molecular complexity index is 1320. The topological polar surface area (TPSA) is 103 Å². The molecule has 3 heterocycles. The van der Waals surface area contributed by atoms with E-state index in [1.54, 1.807) is 19.9 Å². The summed E-state index contributed by atoms with van der Waals surface area (Å²) < 4.78 is 48.6. The fourth-order valence-corrected chi connectivity index (χ4v) is 4.53. The molecule has 4 rings (SSSR count). The van der Waals surface area contributed by atoms with Gasteiger partial charge >= 0.3 is 0 Å². The first kappa shape index (κ1) is 25.9. The van der Waals surface area contributed by atoms with Crippen LogP contribution >= 0.6 is 0 Å². The molecule has 0 amide bonds. The van der Waals surface area contributed by atoms with Gasteiger partial charge in [-0.3, -0.25) is 4.79 Å². The van der Waals surface area contributed by atoms with Crippen LogP contribution in [0.15, 0.2) is 29.1 Å². The van der Waals surface area contributed by atoms with Crippen molar-refractivity contribution in [3.8, 4) is 0 Å². The summed E-state index contributed by atoms with van der Waals surface area (Å²) in [6.45, 7) is 5.87. The Balaban J connectivity index is 1.69. The van der Waals surface area contributed by atoms with Crippen LogP contribution in [0.4, 0.5) is 24.7 Å². The highest BCUT2D eigenvalue weighted by atomic mass is 19.3. The maximum absolute atomic E-state index is 15.0. The first-order valence-electron chi connectivity index (χ1n) is 11.8. The largest absolute Gasteiger partial charge is 0.390 e. The molecule has 0 radical (unpaired) electrons. The molecule has 11 heteroatoms. The first-order valence-corrected chi connectivity index (χ1v) is 11.8. The van der Waals surface area contributed by atoms with Gasteiger partial charge in [-0.05, 0) is 31.9 Å². The smallest absolute Gasteiger partial charge is 0.298 e. The normalized spacial score (nSPS) is 19.0. The van der Waals surface area contributed by atoms with E-state index in [2.05, 4.69) is 27.4 Å². The number of pyridine rings is 1. The van der Waals surface area contributed by atoms with Gasteiger partial charge in [0, 0.05) is 37.1 Å². The zero-order chi connectivity index (χ0) is 26.2. The molecule has 1 saturated heterocycles. The van der Waals surface area contributed by atoms with Crippen LogP contribution in [0.2, 0.25) is 0 Å². The number of anilines is 2. The van der Waals surface area contributed by atoms with E-state index in [1.165, 1.54) is 12.1 Å². The van der Waals surface area contributed by atoms with Crippen molar-refractivity contribution >= 4 is 22.4 Å². The van der Waals surface area contributed by atoms with E-state index >= 15 is 4.39 Å². The van der Waals surface area contributed by atoms with Gasteiger partial charge in [0.1, 0.15) is 18.1 Å². The van der Waals surface area contributed by atoms with E-state index in [0.717, 1.165) is 6.07 Å². The van der Waals surface area contributed by atoms with Gasteiger partial charge in [-0.2, -0.15) is 13.9 Å². The van der Waals surface area contributed by atoms with Crippen LogP contribution in [0.25, 0.3) is 10.9 Å². The summed E-state index contributed by atoms with van der Waals surface area (Å²) in [5.41, 5.74) is 0.225. The standard InChI is InChI=1S/C25H30F3N5O3/c1-13-10-36-11-16(13)9-33(4)20-8-18-22(30-24(20)35)15(3)31-32-23(18)29-14(2)17-6-5-7-19(21(17)26)25(27,28)12-34/h5-8,13-14,16,34H,9-12H2,1-4H3,(H,29,32)(H,30,35)/t13-,14+,16+/m0/s1. The number of aliphatic hydroxyl groups excluding tert-OH is 1. The number of halogens is 3. The molecule has 1 fully saturated rings. The number of alkyl halides is 2. The van der Waals surface area contributed by atoms with Gasteiger partial charge in [0.25, 0.3) is 11.5 Å². The molecule has 194 valence electrons. The summed E-state index contributed by atoms with van der Waals surface area (Å²) >= 11 is 0. The molecule has 2 aromatic heterocycles. The summed E-state index contributed by atoms with van der Waals surface area (Å²) in [6, 6.07) is 4.58. The maximum Gasteiger partial charge on any atom is 0.298 e. The number of aliphatic hydroxyl groups is 1. The molecule has 1 aliphatic rings. The van der Waals surface area contributed by atoms with Crippen molar-refractivity contribution in [2.45, 2.75) is 32.7 Å². The van der Waals surface area contributed by atoms with Crippen molar-refractivity contribution in [3.63, 3.8) is 0 Å². The number of hydrogen-bond acceptors (Lipinski definition) is 7. The Kier molecular flexibility index (Phi) is 7.24. The van der Waals surface area contributed by atoms with Crippen LogP contribution < -0.4 is 15.8 Å². The molecule has 0 aliphatic carbocycles. The number of aromatic amines is 1. The minimum Gasteiger partial charge on any atom is -0.390 e. The summed E-state index contributed by atoms with van der Waals surface area (Å²) in [7, 11) is 1.83. The van der Waals surface area contributed by atoms with Gasteiger partial charge in [-0.15, -0.1) is 5.10 Å². The van der Waals surface area contributed by atoms with Gasteiger partial charge in [0.15, 0.2) is 5.82 Å². The lowest BCUT2D eigenvalue weighted by Gasteiger charge is -2.24. The van der Waals surface area contributed by atoms with Crippen molar-refractivity contribution in [2.75, 3.05) is 43.6 Å². The molecule has 36 heavy (non-hydrogen) atoms. The number of H-pyrrole nitrogens is 1. The number of hydrogen-bond donors (Lipinski definition) is 3. The highest BCUT2D eigenvalue weighted by molar-refractivity contribution is 5.92. The Morgan fingerprint density at radius 2 is 2.08 bits per heavy atom. The van der Waals surface area contributed by atoms with Crippen LogP contribution in [0, 0.1) is 24.6 Å². The minimum absolute atomic E-state index is 0.0202. The van der Waals surface area contributed by atoms with E-state index in [1.807, 2.05) is 11.9 Å². The number of nitrogens with one attached hydrogen (secondary N) is 2. The monoisotopic (exact) mass is 505 g/mol. The van der Waals surface area contributed by atoms with Crippen LogP contribution in [0.5, 0.6) is 0 Å². The Morgan fingerprint density at radius 1 is 1.33 bits per heavy atom. The van der Waals surface area contributed by atoms with Crippen molar-refractivity contribution in [1.82, 2.24) is 15.2 Å². The van der Waals surface area contributed by atoms with Crippen LogP contribution in [-0.2, 0) is 10.7 Å². The van der Waals surface area contributed by atoms with Crippen molar-refractivity contribution in [3.05, 3.63) is 57.3 Å². The molecule has 8 nitrogen and oxygen atoms in total. The average molecular weight is 506 g/mol. The van der Waals surface area contributed by atoms with E-state index in [-0.39, 0.29) is 22.9 Å². The lowest BCUT2D eigenvalue weighted by molar-refractivity contribution is -0.0583. The minimum atomic E-state index is -3.71. The van der Waals surface area contributed by atoms with Crippen molar-refractivity contribution < 1.29 is 23.0 Å². The first-order chi connectivity index (χ1) is 17.0. The van der Waals surface area contributed by atoms with E-state index in [4.69, 9.17) is 9.84 Å². The number of fused-ring (bicyclic) bond motifs is 1. The molecule has 0 spiro atoms. The molecule has 1 aliphatic heterocycles. The van der Waals surface area contributed by atoms with Gasteiger partial charge in [0.05, 0.1) is 29.4 Å². The number of rotatable bonds is 8. The number of nitrogens with zero attached hydrogens (tertiary/aromatic N) is 3. The average Bonchev–Trinajstić information content (AvgIpc) is 3.24. The molecule has 1 aromatic carbocycles. The quantitative estimate of drug-likeness (QED) is 0.429. The predicted octanol–water partition coefficient (Wildman–Crippen LogP) is 3.74. The van der Waals surface area contributed by atoms with Crippen LogP contribution in [-0.4, -0.2) is 53.7 Å². The summed E-state index contributed by atoms with van der Waals surface area (Å²) in [4.78, 5) is 17.6. The highest BCUT2D eigenvalue weighted by Gasteiger charge is 2.35. The zero-order valence-electron chi connectivity index (χ0n) is 20.6. The molecular formula is C25H30F3N5O3. The third-order valence-corrected chi connectivity index (χ3v) is 6.82. The Morgan fingerprint density at radius 3 is 2.75 bits per heavy atom. The molecule has 0 bridgehead atoms. The van der Waals surface area contributed by atoms with Gasteiger partial charge in [0.2, 0.25) is 0 Å². The Hall–Kier alpha value is -3.18. The molecular weight excluding hydrogens is 475 g/mol. The summed E-state index contributed by atoms with van der Waals surface area (Å²) in [6.07, 6.45) is 0. The lowest BCUT2D eigenvalue weighted by Crippen LogP contribution is -2.32. The van der Waals surface area contributed by atoms with Crippen LogP contribution in [0.3, 0.4) is 0 Å². The van der Waals surface area contributed by atoms with E-state index in [9.17, 15) is 13.6 Å². The van der Waals surface area contributed by atoms with Crippen molar-refractivity contribution in [1.29, 1.82) is 0 Å². The molecule has 3 aromatic rings. The predicted molar refractivity (Wildman–Crippen MR) is 131 cm³/mol. The number of aryl methyl sites for hydroxylation is 1. The van der Waals surface area contributed by atoms with Crippen LogP contribution in [0.1, 0.15) is 36.7 Å². The van der Waals surface area contributed by atoms with Gasteiger partial charge < -0.3 is 25.0 Å². The summed E-state index contributed by atoms with van der Waals surface area (Å²) in [5.74, 6) is -3.89. The highest BCUT2D eigenvalue weighted by Crippen LogP contribution is 2.34. The van der Waals surface area contributed by atoms with Gasteiger partial charge in [-0.1, -0.05) is 19.1 Å². The second-order valence-corrected chi connectivity index (χ2v) is 9.50.